The Kier molecular flexibility index (Phi) is 5.78. The summed E-state index contributed by atoms with van der Waals surface area (Å²) in [6.45, 7) is 0.419. The van der Waals surface area contributed by atoms with Gasteiger partial charge in [-0.25, -0.2) is 9.78 Å². The summed E-state index contributed by atoms with van der Waals surface area (Å²) < 4.78 is 4.41. The summed E-state index contributed by atoms with van der Waals surface area (Å²) >= 11 is 1.79. The van der Waals surface area contributed by atoms with Gasteiger partial charge in [-0.2, -0.15) is 11.8 Å². The van der Waals surface area contributed by atoms with Crippen LogP contribution in [0.5, 0.6) is 0 Å². The number of nitrogens with zero attached hydrogens (tertiary/aromatic N) is 4. The van der Waals surface area contributed by atoms with Gasteiger partial charge in [0.25, 0.3) is 5.56 Å². The van der Waals surface area contributed by atoms with E-state index in [0.717, 1.165) is 17.9 Å². The molecule has 7 heteroatoms. The van der Waals surface area contributed by atoms with Gasteiger partial charge in [-0.1, -0.05) is 42.5 Å². The molecule has 1 aromatic carbocycles. The Bertz CT molecular complexity index is 1030. The second-order valence-corrected chi connectivity index (χ2v) is 7.22. The lowest BCUT2D eigenvalue weighted by atomic mass is 10.2. The zero-order valence-corrected chi connectivity index (χ0v) is 15.8. The molecule has 0 spiro atoms. The molecular formula is C19H22N4O2S. The minimum atomic E-state index is -0.310. The van der Waals surface area contributed by atoms with Gasteiger partial charge < -0.3 is 4.57 Å². The highest BCUT2D eigenvalue weighted by Gasteiger charge is 2.14. The van der Waals surface area contributed by atoms with Gasteiger partial charge in [0.05, 0.1) is 6.33 Å². The van der Waals surface area contributed by atoms with Crippen molar-refractivity contribution in [3.63, 3.8) is 0 Å². The van der Waals surface area contributed by atoms with Crippen molar-refractivity contribution in [2.75, 3.05) is 11.5 Å². The van der Waals surface area contributed by atoms with Gasteiger partial charge in [-0.3, -0.25) is 13.9 Å². The number of rotatable bonds is 7. The Hall–Kier alpha value is -2.54. The first-order valence-corrected chi connectivity index (χ1v) is 9.65. The van der Waals surface area contributed by atoms with E-state index in [1.165, 1.54) is 14.7 Å². The number of imidazole rings is 1. The monoisotopic (exact) mass is 370 g/mol. The summed E-state index contributed by atoms with van der Waals surface area (Å²) in [5.74, 6) is 1.79. The zero-order chi connectivity index (χ0) is 18.5. The van der Waals surface area contributed by atoms with E-state index in [4.69, 9.17) is 0 Å². The number of aryl methyl sites for hydroxylation is 2. The molecule has 3 rings (SSSR count). The van der Waals surface area contributed by atoms with Crippen LogP contribution in [0.25, 0.3) is 17.2 Å². The largest absolute Gasteiger partial charge is 0.332 e. The first-order valence-electron chi connectivity index (χ1n) is 8.50. The minimum Gasteiger partial charge on any atom is -0.328 e. The van der Waals surface area contributed by atoms with Crippen molar-refractivity contribution in [1.82, 2.24) is 18.7 Å². The van der Waals surface area contributed by atoms with E-state index in [1.807, 2.05) is 18.2 Å². The maximum atomic E-state index is 12.6. The number of thioether (sulfide) groups is 1. The van der Waals surface area contributed by atoms with Gasteiger partial charge in [-0.05, 0) is 17.7 Å². The number of hydrogen-bond donors (Lipinski definition) is 0. The minimum absolute atomic E-state index is 0.267. The number of hydrogen-bond acceptors (Lipinski definition) is 4. The second kappa shape index (κ2) is 8.23. The maximum Gasteiger partial charge on any atom is 0.332 e. The molecule has 136 valence electrons. The van der Waals surface area contributed by atoms with Crippen molar-refractivity contribution in [3.8, 4) is 0 Å². The fourth-order valence-electron chi connectivity index (χ4n) is 2.82. The van der Waals surface area contributed by atoms with E-state index in [2.05, 4.69) is 29.3 Å². The molecule has 6 nitrogen and oxygen atoms in total. The summed E-state index contributed by atoms with van der Waals surface area (Å²) in [6, 6.07) is 10.2. The third kappa shape index (κ3) is 3.83. The molecule has 0 aliphatic carbocycles. The molecule has 0 unspecified atom stereocenters. The highest BCUT2D eigenvalue weighted by atomic mass is 32.2. The van der Waals surface area contributed by atoms with Crippen LogP contribution >= 0.6 is 11.8 Å². The highest BCUT2D eigenvalue weighted by molar-refractivity contribution is 7.99. The van der Waals surface area contributed by atoms with Crippen LogP contribution in [0.2, 0.25) is 0 Å². The van der Waals surface area contributed by atoms with Crippen molar-refractivity contribution in [2.45, 2.75) is 13.0 Å². The molecule has 3 aromatic rings. The Morgan fingerprint density at radius 2 is 1.92 bits per heavy atom. The number of benzene rings is 1. The first-order chi connectivity index (χ1) is 12.6. The molecule has 0 saturated carbocycles. The molecule has 0 atom stereocenters. The average molecular weight is 370 g/mol. The Morgan fingerprint density at radius 1 is 1.15 bits per heavy atom. The van der Waals surface area contributed by atoms with Crippen molar-refractivity contribution >= 4 is 29.0 Å². The molecule has 2 aromatic heterocycles. The van der Waals surface area contributed by atoms with E-state index in [9.17, 15) is 9.59 Å². The molecule has 0 fully saturated rings. The van der Waals surface area contributed by atoms with Gasteiger partial charge in [0.15, 0.2) is 11.2 Å². The lowest BCUT2D eigenvalue weighted by molar-refractivity contribution is 0.594. The molecule has 0 N–H and O–H groups in total. The van der Waals surface area contributed by atoms with Crippen LogP contribution in [-0.2, 0) is 20.6 Å². The van der Waals surface area contributed by atoms with E-state index < -0.39 is 0 Å². The molecular weight excluding hydrogens is 348 g/mol. The van der Waals surface area contributed by atoms with Gasteiger partial charge in [-0.15, -0.1) is 0 Å². The van der Waals surface area contributed by atoms with Crippen molar-refractivity contribution in [1.29, 1.82) is 0 Å². The molecule has 0 amide bonds. The highest BCUT2D eigenvalue weighted by Crippen LogP contribution is 2.07. The van der Waals surface area contributed by atoms with Crippen LogP contribution in [0, 0.1) is 0 Å². The van der Waals surface area contributed by atoms with Crippen LogP contribution in [0.4, 0.5) is 0 Å². The number of aromatic nitrogens is 4. The Balaban J connectivity index is 1.57. The molecule has 0 aliphatic rings. The second-order valence-electron chi connectivity index (χ2n) is 6.07. The zero-order valence-electron chi connectivity index (χ0n) is 15.0. The molecule has 0 saturated heterocycles. The van der Waals surface area contributed by atoms with E-state index >= 15 is 0 Å². The summed E-state index contributed by atoms with van der Waals surface area (Å²) in [5, 5.41) is 0. The predicted molar refractivity (Wildman–Crippen MR) is 108 cm³/mol. The fraction of sp³-hybridized carbons (Fsp3) is 0.316. The third-order valence-electron chi connectivity index (χ3n) is 4.20. The van der Waals surface area contributed by atoms with Gasteiger partial charge in [0, 0.05) is 26.4 Å². The molecule has 0 bridgehead atoms. The molecule has 0 radical (unpaired) electrons. The fourth-order valence-corrected chi connectivity index (χ4v) is 3.55. The topological polar surface area (TPSA) is 61.8 Å². The van der Waals surface area contributed by atoms with Gasteiger partial charge in [0.2, 0.25) is 0 Å². The quantitative estimate of drug-likeness (QED) is 0.599. The average Bonchev–Trinajstić information content (AvgIpc) is 3.04. The van der Waals surface area contributed by atoms with Crippen LogP contribution < -0.4 is 11.2 Å². The van der Waals surface area contributed by atoms with Crippen molar-refractivity contribution in [3.05, 3.63) is 69.1 Å². The predicted octanol–water partition coefficient (Wildman–Crippen LogP) is 2.27. The Labute approximate surface area is 155 Å². The Morgan fingerprint density at radius 3 is 2.69 bits per heavy atom. The van der Waals surface area contributed by atoms with Gasteiger partial charge >= 0.3 is 5.69 Å². The van der Waals surface area contributed by atoms with Crippen LogP contribution in [0.15, 0.2) is 52.3 Å². The van der Waals surface area contributed by atoms with Crippen molar-refractivity contribution in [2.24, 2.45) is 14.1 Å². The van der Waals surface area contributed by atoms with E-state index in [0.29, 0.717) is 17.7 Å². The summed E-state index contributed by atoms with van der Waals surface area (Å²) in [6.07, 6.45) is 6.56. The van der Waals surface area contributed by atoms with E-state index in [-0.39, 0.29) is 11.2 Å². The molecule has 0 aliphatic heterocycles. The normalized spacial score (nSPS) is 11.6. The van der Waals surface area contributed by atoms with Crippen LogP contribution in [-0.4, -0.2) is 30.2 Å². The van der Waals surface area contributed by atoms with Crippen LogP contribution in [0.3, 0.4) is 0 Å². The standard InChI is InChI=1S/C19H22N4O2S/c1-21-14-20-17-16(21)18(24)23(19(25)22(17)2)11-7-13-26-12-6-10-15-8-4-3-5-9-15/h3-6,8-10,14H,7,11-13H2,1-2H3/b10-6+. The lowest BCUT2D eigenvalue weighted by Gasteiger charge is -2.08. The first kappa shape index (κ1) is 18.3. The smallest absolute Gasteiger partial charge is 0.328 e. The number of fused-ring (bicyclic) bond motifs is 1. The molecule has 2 heterocycles. The summed E-state index contributed by atoms with van der Waals surface area (Å²) in [7, 11) is 3.41. The summed E-state index contributed by atoms with van der Waals surface area (Å²) in [5.41, 5.74) is 1.50. The SMILES string of the molecule is Cn1cnc2c1c(=O)n(CCCSC/C=C/c1ccccc1)c(=O)n2C. The summed E-state index contributed by atoms with van der Waals surface area (Å²) in [4.78, 5) is 29.1. The van der Waals surface area contributed by atoms with Gasteiger partial charge in [0.1, 0.15) is 0 Å². The molecule has 26 heavy (non-hydrogen) atoms. The van der Waals surface area contributed by atoms with E-state index in [1.54, 1.807) is 36.8 Å². The van der Waals surface area contributed by atoms with Crippen molar-refractivity contribution < 1.29 is 0 Å². The maximum absolute atomic E-state index is 12.6. The lowest BCUT2D eigenvalue weighted by Crippen LogP contribution is -2.39. The third-order valence-corrected chi connectivity index (χ3v) is 5.20. The van der Waals surface area contributed by atoms with Crippen LogP contribution in [0.1, 0.15) is 12.0 Å².